The summed E-state index contributed by atoms with van der Waals surface area (Å²) < 4.78 is 155. The van der Waals surface area contributed by atoms with E-state index in [-0.39, 0.29) is 83.9 Å². The molecule has 3 aromatic heterocycles. The van der Waals surface area contributed by atoms with E-state index in [0.717, 1.165) is 83.2 Å². The van der Waals surface area contributed by atoms with Crippen LogP contribution in [0.4, 0.5) is 13.2 Å². The molecule has 4 aromatic rings. The molecule has 0 aliphatic carbocycles. The molecule has 34 heteroatoms. The molecule has 0 saturated heterocycles. The molecule has 0 bridgehead atoms. The largest absolute Gasteiger partial charge is 0.460 e. The van der Waals surface area contributed by atoms with E-state index in [2.05, 4.69) is 129 Å². The topological polar surface area (TPSA) is 286 Å². The molecule has 0 saturated carbocycles. The number of hydrogen-bond donors (Lipinski definition) is 0. The van der Waals surface area contributed by atoms with Crippen molar-refractivity contribution in [2.24, 2.45) is 28.1 Å². The Kier molecular flexibility index (Phi) is 33.7. The fourth-order valence-electron chi connectivity index (χ4n) is 18.1. The van der Waals surface area contributed by atoms with Crippen molar-refractivity contribution >= 4 is 162 Å². The predicted molar refractivity (Wildman–Crippen MR) is 510 cm³/mol. The fraction of sp³-hybridized carbons (Fsp3) is 0.693. The number of rotatable bonds is 27. The fourth-order valence-corrected chi connectivity index (χ4v) is 41.2. The highest BCUT2D eigenvalue weighted by Crippen LogP contribution is 2.52. The maximum Gasteiger partial charge on any atom is 0.312 e. The van der Waals surface area contributed by atoms with E-state index in [1.807, 2.05) is 102 Å². The molecule has 8 heterocycles. The van der Waals surface area contributed by atoms with Crippen LogP contribution in [0.5, 0.6) is 0 Å². The third kappa shape index (κ3) is 21.6. The average molecular weight is 2020 g/mol. The number of aromatic nitrogens is 3. The van der Waals surface area contributed by atoms with Crippen LogP contribution in [0.2, 0.25) is 54.4 Å². The van der Waals surface area contributed by atoms with Crippen molar-refractivity contribution < 1.29 is 67.0 Å². The summed E-state index contributed by atoms with van der Waals surface area (Å²) in [6.45, 7) is 54.1. The lowest BCUT2D eigenvalue weighted by molar-refractivity contribution is -0.154. The Labute approximate surface area is 756 Å². The highest BCUT2D eigenvalue weighted by atomic mass is 79.9. The number of esters is 3. The summed E-state index contributed by atoms with van der Waals surface area (Å²) in [6.07, 6.45) is 2.37. The van der Waals surface area contributed by atoms with Gasteiger partial charge in [-0.2, -0.15) is 8.42 Å². The smallest absolute Gasteiger partial charge is 0.312 e. The van der Waals surface area contributed by atoms with Gasteiger partial charge in [-0.05, 0) is 257 Å². The molecule has 684 valence electrons. The lowest BCUT2D eigenvalue weighted by Gasteiger charge is -2.49. The summed E-state index contributed by atoms with van der Waals surface area (Å²) in [7, 11) is -19.6. The van der Waals surface area contributed by atoms with Gasteiger partial charge in [0.05, 0.1) is 121 Å². The van der Waals surface area contributed by atoms with Crippen LogP contribution in [0.15, 0.2) is 89.2 Å². The van der Waals surface area contributed by atoms with E-state index in [1.165, 1.54) is 12.1 Å². The second-order valence-electron chi connectivity index (χ2n) is 38.2. The van der Waals surface area contributed by atoms with Crippen LogP contribution in [0.25, 0.3) is 0 Å². The van der Waals surface area contributed by atoms with E-state index < -0.39 is 145 Å². The van der Waals surface area contributed by atoms with Crippen LogP contribution in [0.3, 0.4) is 0 Å². The second kappa shape index (κ2) is 39.2. The zero-order valence-electron chi connectivity index (χ0n) is 77.6. The van der Waals surface area contributed by atoms with Gasteiger partial charge in [-0.1, -0.05) is 134 Å². The Morgan fingerprint density at radius 1 is 0.500 bits per heavy atom. The van der Waals surface area contributed by atoms with Crippen LogP contribution >= 0.6 is 47.8 Å². The molecule has 0 fully saturated rings. The van der Waals surface area contributed by atoms with Crippen LogP contribution in [-0.4, -0.2) is 169 Å². The van der Waals surface area contributed by atoms with E-state index in [4.69, 9.17) is 42.1 Å². The molecule has 8 atom stereocenters. The molecule has 0 spiro atoms. The summed E-state index contributed by atoms with van der Waals surface area (Å²) in [5, 5.41) is 1.10. The van der Waals surface area contributed by atoms with Gasteiger partial charge in [0.1, 0.15) is 81.8 Å². The number of halogens is 6. The Bertz CT molecular complexity index is 4980. The van der Waals surface area contributed by atoms with Crippen molar-refractivity contribution in [2.45, 2.75) is 363 Å². The van der Waals surface area contributed by atoms with Crippen LogP contribution in [-0.2, 0) is 88.7 Å². The first-order valence-electron chi connectivity index (χ1n) is 43.2. The molecule has 5 aliphatic rings. The van der Waals surface area contributed by atoms with Gasteiger partial charge in [0.2, 0.25) is 0 Å². The SMILES string of the molecule is CC[Si](CC)(CC)c1cc(Br)nc([C@@]2(C)N=C(CC(=O)OC(C)(C)C)C(C)(C)[S@@]3(=O)=NCCC[C@@H]23)c1F.CC[Si](CC)(CC)c1cc(Br)nc([C@@]2(C)N=C(CC(=O)OC(C)(C)C)C(C)(C)[S@@]3(=O)=NCCC[C@H]23)c1F.CC[Si](CC)(CC)c1cc(Br)nc([C@]2(C)C[S@](=O)(=NCCCOS(=O)(=O)c3ccc(C)cc3)C(C)(C)C(CC(=O)OC(C)(C)C)=N2)c1F. The maximum atomic E-state index is 16.8. The van der Waals surface area contributed by atoms with Crippen molar-refractivity contribution in [3.63, 3.8) is 0 Å². The number of benzene rings is 1. The number of aryl methyl sites for hydroxylation is 1. The minimum atomic E-state index is -3.98. The number of aliphatic imine (C=N–C) groups is 3. The summed E-state index contributed by atoms with van der Waals surface area (Å²) >= 11 is 10.6. The Balaban J connectivity index is 0.000000255. The van der Waals surface area contributed by atoms with Crippen molar-refractivity contribution in [1.29, 1.82) is 0 Å². The second-order valence-corrected chi connectivity index (χ2v) is 66.8. The first kappa shape index (κ1) is 105. The number of carbonyl (C=O) groups is 3. The number of carbonyl (C=O) groups excluding carboxylic acids is 3. The van der Waals surface area contributed by atoms with E-state index in [0.29, 0.717) is 56.4 Å². The molecular formula is C88H137Br3F3N9O12S4Si3. The van der Waals surface area contributed by atoms with Gasteiger partial charge in [-0.3, -0.25) is 33.5 Å². The van der Waals surface area contributed by atoms with Gasteiger partial charge in [0, 0.05) is 30.2 Å². The third-order valence-corrected chi connectivity index (χ3v) is 56.3. The van der Waals surface area contributed by atoms with Crippen molar-refractivity contribution in [2.75, 3.05) is 32.0 Å². The average Bonchev–Trinajstić information content (AvgIpc) is 0.699. The zero-order valence-corrected chi connectivity index (χ0v) is 88.6. The molecule has 5 aliphatic heterocycles. The van der Waals surface area contributed by atoms with Gasteiger partial charge in [0.15, 0.2) is 0 Å². The first-order chi connectivity index (χ1) is 56.1. The Morgan fingerprint density at radius 2 is 0.811 bits per heavy atom. The van der Waals surface area contributed by atoms with Crippen molar-refractivity contribution in [3.8, 4) is 0 Å². The zero-order chi connectivity index (χ0) is 92.4. The van der Waals surface area contributed by atoms with Crippen LogP contribution in [0.1, 0.15) is 261 Å². The standard InChI is InChI=1S/C34H51BrFN3O6S2Si.2C27H43BrFN3O3SSi/c1-11-48(12-2,13-3)26-21-28(35)38-31(30(26)36)34(10)23-46(41,33(8,9)27(39-34)22-29(40)45-32(5,6)7)37-19-14-20-44-47(42,43)25-17-15-24(4)16-18-25;2*1-10-37(11-2,12-3)18-16-21(28)31-24(23(18)29)27(9)20-14-13-15-30-36(20,34)26(7,8)19(32-27)17-22(33)35-25(4,5)6/h15-18,21H,11-14,19-20,22-23H2,1-10H3;2*16,20H,10-15,17H2,1-9H3/t34-,46+;20-,27+,36-;20-,27-,36+/m010/s1. The van der Waals surface area contributed by atoms with Gasteiger partial charge >= 0.3 is 17.9 Å². The number of hydrogen-bond acceptors (Lipinski definition) is 21. The molecule has 0 radical (unpaired) electrons. The van der Waals surface area contributed by atoms with Gasteiger partial charge < -0.3 is 14.2 Å². The minimum absolute atomic E-state index is 0.0126. The van der Waals surface area contributed by atoms with Gasteiger partial charge in [-0.15, -0.1) is 0 Å². The summed E-state index contributed by atoms with van der Waals surface area (Å²) in [4.78, 5) is 68.2. The lowest BCUT2D eigenvalue weighted by Crippen LogP contribution is -2.59. The molecule has 1 aromatic carbocycles. The highest BCUT2D eigenvalue weighted by molar-refractivity contribution is 9.11. The number of pyridine rings is 3. The lowest BCUT2D eigenvalue weighted by atomic mass is 9.88. The molecule has 0 unspecified atom stereocenters. The summed E-state index contributed by atoms with van der Waals surface area (Å²) in [6, 6.07) is 19.8. The molecule has 0 N–H and O–H groups in total. The highest BCUT2D eigenvalue weighted by Gasteiger charge is 2.60. The summed E-state index contributed by atoms with van der Waals surface area (Å²) in [5.74, 6) is -2.72. The number of ether oxygens (including phenoxy) is 3. The third-order valence-electron chi connectivity index (χ3n) is 26.2. The van der Waals surface area contributed by atoms with Gasteiger partial charge in [-0.25, -0.2) is 53.8 Å². The molecule has 9 rings (SSSR count). The van der Waals surface area contributed by atoms with Crippen molar-refractivity contribution in [1.82, 2.24) is 15.0 Å². The predicted octanol–water partition coefficient (Wildman–Crippen LogP) is 20.5. The van der Waals surface area contributed by atoms with Gasteiger partial charge in [0.25, 0.3) is 10.1 Å². The Hall–Kier alpha value is -4.27. The quantitative estimate of drug-likeness (QED) is 0.0134. The molecule has 21 nitrogen and oxygen atoms in total. The monoisotopic (exact) mass is 2020 g/mol. The van der Waals surface area contributed by atoms with Crippen LogP contribution in [0, 0.1) is 24.4 Å². The van der Waals surface area contributed by atoms with Crippen molar-refractivity contribution in [3.05, 3.63) is 96.4 Å². The van der Waals surface area contributed by atoms with E-state index >= 15 is 17.4 Å². The Morgan fingerprint density at radius 3 is 1.13 bits per heavy atom. The first-order valence-corrected chi connectivity index (χ1v) is 59.7. The molecular weight excluding hydrogens is 1880 g/mol. The molecule has 0 amide bonds. The number of fused-ring (bicyclic) bond motifs is 2. The van der Waals surface area contributed by atoms with Crippen LogP contribution < -0.4 is 15.6 Å². The minimum Gasteiger partial charge on any atom is -0.460 e. The maximum absolute atomic E-state index is 16.8. The number of nitrogens with zero attached hydrogens (tertiary/aromatic N) is 9. The summed E-state index contributed by atoms with van der Waals surface area (Å²) in [5.41, 5.74) is -3.43. The van der Waals surface area contributed by atoms with E-state index in [1.54, 1.807) is 59.7 Å². The van der Waals surface area contributed by atoms with E-state index in [9.17, 15) is 31.2 Å². The molecule has 122 heavy (non-hydrogen) atoms. The normalized spacial score (nSPS) is 25.2.